The highest BCUT2D eigenvalue weighted by molar-refractivity contribution is 5.79. The molecule has 1 aliphatic heterocycles. The van der Waals surface area contributed by atoms with Gasteiger partial charge in [-0.25, -0.2) is 0 Å². The summed E-state index contributed by atoms with van der Waals surface area (Å²) in [6.45, 7) is -0.278. The molecule has 1 heterocycles. The van der Waals surface area contributed by atoms with E-state index in [4.69, 9.17) is 4.74 Å². The van der Waals surface area contributed by atoms with Gasteiger partial charge in [0.25, 0.3) is 0 Å². The Morgan fingerprint density at radius 1 is 1.33 bits per heavy atom. The van der Waals surface area contributed by atoms with Crippen molar-refractivity contribution in [2.75, 3.05) is 26.8 Å². The molecule has 7 heteroatoms. The van der Waals surface area contributed by atoms with E-state index >= 15 is 0 Å². The fraction of sp³-hybridized carbons (Fsp3) is 0.471. The van der Waals surface area contributed by atoms with Gasteiger partial charge in [-0.15, -0.1) is 0 Å². The zero-order valence-corrected chi connectivity index (χ0v) is 13.7. The van der Waals surface area contributed by atoms with Crippen molar-refractivity contribution in [3.63, 3.8) is 0 Å². The van der Waals surface area contributed by atoms with Crippen LogP contribution in [-0.4, -0.2) is 39.4 Å². The molecule has 0 radical (unpaired) electrons. The van der Waals surface area contributed by atoms with Gasteiger partial charge in [0.1, 0.15) is 5.75 Å². The number of para-hydroxylation sites is 1. The lowest BCUT2D eigenvalue weighted by Crippen LogP contribution is -2.37. The van der Waals surface area contributed by atoms with E-state index in [0.717, 1.165) is 26.0 Å². The minimum Gasteiger partial charge on any atom is -0.434 e. The molecule has 5 nitrogen and oxygen atoms in total. The number of halogens is 2. The molecule has 24 heavy (non-hydrogen) atoms. The van der Waals surface area contributed by atoms with E-state index in [1.165, 1.54) is 11.6 Å². The van der Waals surface area contributed by atoms with Crippen molar-refractivity contribution >= 4 is 5.96 Å². The van der Waals surface area contributed by atoms with E-state index in [-0.39, 0.29) is 5.75 Å². The van der Waals surface area contributed by atoms with Crippen molar-refractivity contribution in [2.24, 2.45) is 4.99 Å². The molecule has 2 N–H and O–H groups in total. The Morgan fingerprint density at radius 3 is 2.88 bits per heavy atom. The van der Waals surface area contributed by atoms with Crippen molar-refractivity contribution in [3.05, 3.63) is 41.5 Å². The first-order valence-electron chi connectivity index (χ1n) is 7.92. The number of nitrogens with zero attached hydrogens (tertiary/aromatic N) is 1. The lowest BCUT2D eigenvalue weighted by molar-refractivity contribution is -0.0504. The number of ether oxygens (including phenoxy) is 2. The van der Waals surface area contributed by atoms with E-state index < -0.39 is 6.61 Å². The molecule has 0 fully saturated rings. The van der Waals surface area contributed by atoms with E-state index in [2.05, 4.69) is 26.4 Å². The van der Waals surface area contributed by atoms with Crippen molar-refractivity contribution < 1.29 is 18.3 Å². The molecular weight excluding hydrogens is 316 g/mol. The minimum absolute atomic E-state index is 0.169. The number of aliphatic imine (C=N–C) groups is 1. The molecule has 0 aliphatic carbocycles. The van der Waals surface area contributed by atoms with E-state index in [0.29, 0.717) is 24.7 Å². The quantitative estimate of drug-likeness (QED) is 0.456. The Kier molecular flexibility index (Phi) is 7.48. The van der Waals surface area contributed by atoms with Gasteiger partial charge in [0.15, 0.2) is 5.96 Å². The highest BCUT2D eigenvalue weighted by Crippen LogP contribution is 2.19. The van der Waals surface area contributed by atoms with Gasteiger partial charge in [0, 0.05) is 25.7 Å². The molecule has 1 aromatic carbocycles. The number of benzene rings is 1. The minimum atomic E-state index is -2.84. The van der Waals surface area contributed by atoms with Gasteiger partial charge in [0.05, 0.1) is 13.2 Å². The predicted octanol–water partition coefficient (Wildman–Crippen LogP) is 2.69. The van der Waals surface area contributed by atoms with Gasteiger partial charge < -0.3 is 20.1 Å². The third-order valence-electron chi connectivity index (χ3n) is 3.65. The summed E-state index contributed by atoms with van der Waals surface area (Å²) in [5.74, 6) is 0.789. The predicted molar refractivity (Wildman–Crippen MR) is 89.4 cm³/mol. The van der Waals surface area contributed by atoms with Crippen LogP contribution in [0.3, 0.4) is 0 Å². The summed E-state index contributed by atoms with van der Waals surface area (Å²) < 4.78 is 34.6. The maximum atomic E-state index is 12.4. The van der Waals surface area contributed by atoms with Crippen LogP contribution in [0.5, 0.6) is 5.75 Å². The molecule has 0 atom stereocenters. The second kappa shape index (κ2) is 9.87. The van der Waals surface area contributed by atoms with Crippen molar-refractivity contribution in [1.82, 2.24) is 10.6 Å². The summed E-state index contributed by atoms with van der Waals surface area (Å²) in [6, 6.07) is 6.71. The third-order valence-corrected chi connectivity index (χ3v) is 3.65. The van der Waals surface area contributed by atoms with E-state index in [1.807, 2.05) is 0 Å². The lowest BCUT2D eigenvalue weighted by Gasteiger charge is -2.16. The fourth-order valence-corrected chi connectivity index (χ4v) is 2.39. The number of guanidine groups is 1. The molecule has 0 unspecified atom stereocenters. The lowest BCUT2D eigenvalue weighted by atomic mass is 10.1. The van der Waals surface area contributed by atoms with Crippen LogP contribution in [-0.2, 0) is 11.3 Å². The molecule has 0 bridgehead atoms. The average Bonchev–Trinajstić information content (AvgIpc) is 2.59. The Hall–Kier alpha value is -2.15. The highest BCUT2D eigenvalue weighted by atomic mass is 19.3. The number of nitrogens with one attached hydrogen (secondary N) is 2. The van der Waals surface area contributed by atoms with Crippen LogP contribution >= 0.6 is 0 Å². The molecule has 2 rings (SSSR count). The van der Waals surface area contributed by atoms with Crippen LogP contribution in [0.1, 0.15) is 18.4 Å². The van der Waals surface area contributed by atoms with Crippen LogP contribution in [0.4, 0.5) is 8.78 Å². The molecule has 0 saturated heterocycles. The molecule has 1 aliphatic rings. The maximum absolute atomic E-state index is 12.4. The molecule has 1 aromatic rings. The van der Waals surface area contributed by atoms with Crippen LogP contribution in [0, 0.1) is 0 Å². The zero-order valence-electron chi connectivity index (χ0n) is 13.7. The largest absolute Gasteiger partial charge is 0.434 e. The third kappa shape index (κ3) is 6.16. The summed E-state index contributed by atoms with van der Waals surface area (Å²) >= 11 is 0. The zero-order chi connectivity index (χ0) is 17.2. The van der Waals surface area contributed by atoms with Gasteiger partial charge in [-0.3, -0.25) is 4.99 Å². The molecule has 0 saturated carbocycles. The number of rotatable bonds is 7. The van der Waals surface area contributed by atoms with Crippen LogP contribution in [0.25, 0.3) is 0 Å². The summed E-state index contributed by atoms with van der Waals surface area (Å²) in [5, 5.41) is 6.32. The highest BCUT2D eigenvalue weighted by Gasteiger charge is 2.09. The maximum Gasteiger partial charge on any atom is 0.387 e. The summed E-state index contributed by atoms with van der Waals surface area (Å²) in [7, 11) is 1.67. The molecule has 0 spiro atoms. The van der Waals surface area contributed by atoms with E-state index in [9.17, 15) is 8.78 Å². The Morgan fingerprint density at radius 2 is 2.17 bits per heavy atom. The van der Waals surface area contributed by atoms with Gasteiger partial charge in [-0.2, -0.15) is 8.78 Å². The Balaban J connectivity index is 1.80. The second-order valence-corrected chi connectivity index (χ2v) is 5.28. The van der Waals surface area contributed by atoms with Gasteiger partial charge in [0.2, 0.25) is 0 Å². The Labute approximate surface area is 140 Å². The number of alkyl halides is 2. The standard InChI is InChI=1S/C17H23F2N3O2/c1-20-17(21-9-6-13-7-10-23-11-8-13)22-12-14-4-2-3-5-15(14)24-16(18)19/h2-5,7,16H,6,8-12H2,1H3,(H2,20,21,22). The average molecular weight is 339 g/mol. The first kappa shape index (κ1) is 18.2. The number of hydrogen-bond donors (Lipinski definition) is 2. The number of hydrogen-bond acceptors (Lipinski definition) is 3. The van der Waals surface area contributed by atoms with Crippen LogP contribution in [0.15, 0.2) is 40.9 Å². The van der Waals surface area contributed by atoms with Crippen LogP contribution in [0.2, 0.25) is 0 Å². The summed E-state index contributed by atoms with van der Waals surface area (Å²) in [4.78, 5) is 4.14. The van der Waals surface area contributed by atoms with Gasteiger partial charge in [-0.1, -0.05) is 29.8 Å². The second-order valence-electron chi connectivity index (χ2n) is 5.28. The topological polar surface area (TPSA) is 54.9 Å². The molecular formula is C17H23F2N3O2. The summed E-state index contributed by atoms with van der Waals surface area (Å²) in [5.41, 5.74) is 2.02. The Bertz CT molecular complexity index is 577. The molecule has 132 valence electrons. The fourth-order valence-electron chi connectivity index (χ4n) is 2.39. The van der Waals surface area contributed by atoms with Gasteiger partial charge >= 0.3 is 6.61 Å². The monoisotopic (exact) mass is 339 g/mol. The first-order chi connectivity index (χ1) is 11.7. The van der Waals surface area contributed by atoms with Crippen molar-refractivity contribution in [3.8, 4) is 5.75 Å². The first-order valence-corrected chi connectivity index (χ1v) is 7.92. The molecule has 0 amide bonds. The van der Waals surface area contributed by atoms with E-state index in [1.54, 1.807) is 25.2 Å². The van der Waals surface area contributed by atoms with Crippen molar-refractivity contribution in [1.29, 1.82) is 0 Å². The van der Waals surface area contributed by atoms with Crippen LogP contribution < -0.4 is 15.4 Å². The van der Waals surface area contributed by atoms with Crippen molar-refractivity contribution in [2.45, 2.75) is 26.0 Å². The SMILES string of the molecule is CN=C(NCCC1=CCOCC1)NCc1ccccc1OC(F)F. The smallest absolute Gasteiger partial charge is 0.387 e. The molecule has 0 aromatic heterocycles. The summed E-state index contributed by atoms with van der Waals surface area (Å²) in [6.07, 6.45) is 4.00. The van der Waals surface area contributed by atoms with Gasteiger partial charge in [-0.05, 0) is 18.9 Å². The normalized spacial score (nSPS) is 15.2.